The number of carboxylic acids is 1. The minimum atomic E-state index is -0.753. The highest BCUT2D eigenvalue weighted by Gasteiger charge is 2.40. The van der Waals surface area contributed by atoms with Gasteiger partial charge >= 0.3 is 5.97 Å². The Bertz CT molecular complexity index is 1820. The molecule has 3 aliphatic rings. The Morgan fingerprint density at radius 3 is 2.33 bits per heavy atom. The zero-order valence-electron chi connectivity index (χ0n) is 30.4. The average molecular weight is 755 g/mol. The van der Waals surface area contributed by atoms with Gasteiger partial charge in [0, 0.05) is 73.4 Å². The molecule has 0 unspecified atom stereocenters. The van der Waals surface area contributed by atoms with Gasteiger partial charge < -0.3 is 29.5 Å². The Hall–Kier alpha value is -3.64. The van der Waals surface area contributed by atoms with Gasteiger partial charge in [-0.3, -0.25) is 24.1 Å². The maximum atomic E-state index is 14.1. The highest BCUT2D eigenvalue weighted by molar-refractivity contribution is 6.36. The number of carboxylic acid groups (broad SMARTS) is 1. The van der Waals surface area contributed by atoms with Crippen molar-refractivity contribution in [1.29, 1.82) is 0 Å². The summed E-state index contributed by atoms with van der Waals surface area (Å²) in [6.45, 7) is 9.46. The Morgan fingerprint density at radius 1 is 0.962 bits per heavy atom. The van der Waals surface area contributed by atoms with Crippen molar-refractivity contribution in [2.75, 3.05) is 44.6 Å². The van der Waals surface area contributed by atoms with Crippen molar-refractivity contribution in [3.63, 3.8) is 0 Å². The van der Waals surface area contributed by atoms with Gasteiger partial charge in [-0.2, -0.15) is 0 Å². The van der Waals surface area contributed by atoms with E-state index in [2.05, 4.69) is 10.2 Å². The maximum Gasteiger partial charge on any atom is 0.306 e. The van der Waals surface area contributed by atoms with Crippen LogP contribution in [0.15, 0.2) is 42.6 Å². The molecule has 1 aliphatic carbocycles. The van der Waals surface area contributed by atoms with E-state index in [0.29, 0.717) is 73.8 Å². The molecule has 13 heteroatoms. The van der Waals surface area contributed by atoms with E-state index in [9.17, 15) is 24.3 Å². The standard InChI is InChI=1S/C39H49Cl2N5O6/c1-39(2,3)38(51)45-15-13-44(14-16-45)26-19-27(23-52-28-11-9-24(10-12-28)37(49)50)46(21-26)35(47)18-25-17-32(41)33(20-31(25)40)42-36(48)30-22-43(4)34-8-6-5-7-29(30)34/h5-8,17,20,22,24,26-28H,9-16,18-19,21,23H2,1-4H3,(H,42,48)(H,49,50)/t24-,26-,27-,28-/m0/s1. The number of hydrogen-bond donors (Lipinski definition) is 2. The number of aryl methyl sites for hydroxylation is 1. The van der Waals surface area contributed by atoms with E-state index in [-0.39, 0.29) is 53.3 Å². The summed E-state index contributed by atoms with van der Waals surface area (Å²) in [5.41, 5.74) is 1.93. The second-order valence-corrected chi connectivity index (χ2v) is 16.4. The lowest BCUT2D eigenvalue weighted by molar-refractivity contribution is -0.144. The number of amides is 3. The van der Waals surface area contributed by atoms with Crippen LogP contribution in [0.5, 0.6) is 0 Å². The number of carbonyl (C=O) groups excluding carboxylic acids is 3. The fraction of sp³-hybridized carbons (Fsp3) is 0.538. The number of nitrogens with zero attached hydrogens (tertiary/aromatic N) is 4. The van der Waals surface area contributed by atoms with Crippen LogP contribution < -0.4 is 5.32 Å². The Labute approximate surface area is 315 Å². The number of benzene rings is 2. The molecule has 0 radical (unpaired) electrons. The molecule has 11 nitrogen and oxygen atoms in total. The van der Waals surface area contributed by atoms with Crippen LogP contribution in [0.2, 0.25) is 10.0 Å². The first kappa shape index (κ1) is 38.1. The Morgan fingerprint density at radius 2 is 1.65 bits per heavy atom. The Balaban J connectivity index is 1.13. The number of piperazine rings is 1. The molecule has 1 aromatic heterocycles. The molecular weight excluding hydrogens is 705 g/mol. The smallest absolute Gasteiger partial charge is 0.306 e. The van der Waals surface area contributed by atoms with Crippen molar-refractivity contribution in [2.24, 2.45) is 18.4 Å². The number of aromatic nitrogens is 1. The summed E-state index contributed by atoms with van der Waals surface area (Å²) in [7, 11) is 1.89. The van der Waals surface area contributed by atoms with Crippen molar-refractivity contribution in [2.45, 2.75) is 77.5 Å². The second kappa shape index (κ2) is 15.8. The SMILES string of the molecule is Cn1cc(C(=O)Nc2cc(Cl)c(CC(=O)N3C[C@@H](N4CCN(C(=O)C(C)(C)C)CC4)C[C@H]3CO[C@H]3CC[C@H](C(=O)O)CC3)cc2Cl)c2ccccc21. The highest BCUT2D eigenvalue weighted by Crippen LogP contribution is 2.33. The molecule has 3 fully saturated rings. The lowest BCUT2D eigenvalue weighted by atomic mass is 9.87. The van der Waals surface area contributed by atoms with E-state index in [4.69, 9.17) is 27.9 Å². The number of ether oxygens (including phenoxy) is 1. The predicted molar refractivity (Wildman–Crippen MR) is 202 cm³/mol. The van der Waals surface area contributed by atoms with Crippen molar-refractivity contribution < 1.29 is 29.0 Å². The lowest BCUT2D eigenvalue weighted by Gasteiger charge is -2.40. The zero-order valence-corrected chi connectivity index (χ0v) is 31.9. The van der Waals surface area contributed by atoms with Crippen molar-refractivity contribution in [3.05, 3.63) is 63.8 Å². The number of para-hydroxylation sites is 1. The molecule has 280 valence electrons. The lowest BCUT2D eigenvalue weighted by Crippen LogP contribution is -2.54. The first-order chi connectivity index (χ1) is 24.7. The van der Waals surface area contributed by atoms with Crippen LogP contribution in [0, 0.1) is 11.3 Å². The van der Waals surface area contributed by atoms with Gasteiger partial charge in [-0.25, -0.2) is 0 Å². The molecule has 1 saturated carbocycles. The number of rotatable bonds is 9. The number of halogens is 2. The molecular formula is C39H49Cl2N5O6. The topological polar surface area (TPSA) is 124 Å². The number of aliphatic carboxylic acids is 1. The molecule has 6 rings (SSSR count). The minimum Gasteiger partial charge on any atom is -0.481 e. The largest absolute Gasteiger partial charge is 0.481 e. The number of likely N-dealkylation sites (tertiary alicyclic amines) is 1. The van der Waals surface area contributed by atoms with E-state index in [1.54, 1.807) is 18.3 Å². The van der Waals surface area contributed by atoms with Crippen LogP contribution in [0.3, 0.4) is 0 Å². The summed E-state index contributed by atoms with van der Waals surface area (Å²) in [4.78, 5) is 57.9. The number of fused-ring (bicyclic) bond motifs is 1. The molecule has 2 aliphatic heterocycles. The normalized spacial score (nSPS) is 22.9. The quantitative estimate of drug-likeness (QED) is 0.271. The van der Waals surface area contributed by atoms with Crippen LogP contribution in [-0.4, -0.2) is 106 Å². The summed E-state index contributed by atoms with van der Waals surface area (Å²) in [5, 5.41) is 13.7. The number of carbonyl (C=O) groups is 4. The third kappa shape index (κ3) is 8.43. The number of anilines is 1. The fourth-order valence-corrected chi connectivity index (χ4v) is 8.37. The molecule has 0 bridgehead atoms. The summed E-state index contributed by atoms with van der Waals surface area (Å²) in [5.74, 6) is -1.35. The van der Waals surface area contributed by atoms with E-state index in [1.807, 2.05) is 66.5 Å². The van der Waals surface area contributed by atoms with Crippen molar-refractivity contribution in [1.82, 2.24) is 19.3 Å². The molecule has 2 N–H and O–H groups in total. The molecule has 3 amide bonds. The van der Waals surface area contributed by atoms with Crippen LogP contribution in [-0.2, 0) is 32.6 Å². The summed E-state index contributed by atoms with van der Waals surface area (Å²) in [6, 6.07) is 10.8. The van der Waals surface area contributed by atoms with Gasteiger partial charge in [-0.05, 0) is 55.9 Å². The number of nitrogens with one attached hydrogen (secondary N) is 1. The highest BCUT2D eigenvalue weighted by atomic mass is 35.5. The van der Waals surface area contributed by atoms with E-state index in [0.717, 1.165) is 30.4 Å². The van der Waals surface area contributed by atoms with Gasteiger partial charge in [0.25, 0.3) is 5.91 Å². The van der Waals surface area contributed by atoms with E-state index >= 15 is 0 Å². The third-order valence-corrected chi connectivity index (χ3v) is 11.6. The van der Waals surface area contributed by atoms with Gasteiger partial charge in [-0.1, -0.05) is 62.2 Å². The van der Waals surface area contributed by atoms with Crippen LogP contribution in [0.4, 0.5) is 5.69 Å². The summed E-state index contributed by atoms with van der Waals surface area (Å²) < 4.78 is 8.26. The monoisotopic (exact) mass is 753 g/mol. The molecule has 52 heavy (non-hydrogen) atoms. The average Bonchev–Trinajstić information content (AvgIpc) is 3.70. The Kier molecular flexibility index (Phi) is 11.5. The minimum absolute atomic E-state index is 0.0247. The number of hydrogen-bond acceptors (Lipinski definition) is 6. The molecule has 3 aromatic rings. The van der Waals surface area contributed by atoms with Gasteiger partial charge in [0.15, 0.2) is 0 Å². The first-order valence-electron chi connectivity index (χ1n) is 18.2. The fourth-order valence-electron chi connectivity index (χ4n) is 7.90. The predicted octanol–water partition coefficient (Wildman–Crippen LogP) is 6.10. The zero-order chi connectivity index (χ0) is 37.3. The first-order valence-corrected chi connectivity index (χ1v) is 19.0. The van der Waals surface area contributed by atoms with Gasteiger partial charge in [0.1, 0.15) is 0 Å². The van der Waals surface area contributed by atoms with Crippen LogP contribution in [0.25, 0.3) is 10.9 Å². The molecule has 2 saturated heterocycles. The van der Waals surface area contributed by atoms with E-state index < -0.39 is 11.4 Å². The molecule has 3 heterocycles. The maximum absolute atomic E-state index is 14.1. The van der Waals surface area contributed by atoms with Crippen molar-refractivity contribution in [3.8, 4) is 0 Å². The molecule has 0 spiro atoms. The van der Waals surface area contributed by atoms with E-state index in [1.165, 1.54) is 0 Å². The third-order valence-electron chi connectivity index (χ3n) is 10.9. The van der Waals surface area contributed by atoms with Gasteiger partial charge in [0.05, 0.1) is 47.4 Å². The van der Waals surface area contributed by atoms with Gasteiger partial charge in [0.2, 0.25) is 11.8 Å². The summed E-state index contributed by atoms with van der Waals surface area (Å²) >= 11 is 13.4. The van der Waals surface area contributed by atoms with Crippen LogP contribution in [0.1, 0.15) is 68.8 Å². The summed E-state index contributed by atoms with van der Waals surface area (Å²) in [6.07, 6.45) is 5.04. The molecule has 2 atom stereocenters. The van der Waals surface area contributed by atoms with Crippen LogP contribution >= 0.6 is 23.2 Å². The molecule has 2 aromatic carbocycles. The second-order valence-electron chi connectivity index (χ2n) is 15.5. The van der Waals surface area contributed by atoms with Crippen molar-refractivity contribution >= 4 is 63.5 Å². The van der Waals surface area contributed by atoms with Gasteiger partial charge in [-0.15, -0.1) is 0 Å².